The van der Waals surface area contributed by atoms with Crippen molar-refractivity contribution in [2.24, 2.45) is 0 Å². The van der Waals surface area contributed by atoms with E-state index in [9.17, 15) is 4.79 Å². The third-order valence-corrected chi connectivity index (χ3v) is 1.49. The number of nitrogens with two attached hydrogens (primary N) is 1. The summed E-state index contributed by atoms with van der Waals surface area (Å²) in [7, 11) is 0. The lowest BCUT2D eigenvalue weighted by Crippen LogP contribution is -2.11. The van der Waals surface area contributed by atoms with Gasteiger partial charge in [0.25, 0.3) is 5.24 Å². The van der Waals surface area contributed by atoms with Crippen LogP contribution in [0.5, 0.6) is 0 Å². The van der Waals surface area contributed by atoms with Gasteiger partial charge in [0.15, 0.2) is 0 Å². The Hall–Kier alpha value is -1.42. The van der Waals surface area contributed by atoms with Gasteiger partial charge in [-0.2, -0.15) is 0 Å². The Morgan fingerprint density at radius 3 is 2.83 bits per heavy atom. The first kappa shape index (κ1) is 8.67. The summed E-state index contributed by atoms with van der Waals surface area (Å²) in [6, 6.07) is 3.10. The first-order valence-corrected chi connectivity index (χ1v) is 3.50. The van der Waals surface area contributed by atoms with Crippen LogP contribution in [0.3, 0.4) is 0 Å². The van der Waals surface area contributed by atoms with Crippen LogP contribution in [0.2, 0.25) is 0 Å². The van der Waals surface area contributed by atoms with Crippen LogP contribution in [-0.2, 0) is 4.79 Å². The number of aromatic nitrogens is 1. The van der Waals surface area contributed by atoms with E-state index in [-0.39, 0.29) is 17.1 Å². The molecule has 0 amide bonds. The monoisotopic (exact) mass is 183 g/mol. The minimum absolute atomic E-state index is 0.136. The lowest BCUT2D eigenvalue weighted by atomic mass is 10.2. The molecule has 1 aromatic rings. The summed E-state index contributed by atoms with van der Waals surface area (Å²) in [6.45, 7) is 0. The van der Waals surface area contributed by atoms with Gasteiger partial charge in [0, 0.05) is 11.8 Å². The Labute approximate surface area is 73.9 Å². The zero-order valence-electron chi connectivity index (χ0n) is 6.04. The summed E-state index contributed by atoms with van der Waals surface area (Å²) < 4.78 is 0. The van der Waals surface area contributed by atoms with Crippen molar-refractivity contribution < 1.29 is 4.79 Å². The van der Waals surface area contributed by atoms with Gasteiger partial charge >= 0.3 is 0 Å². The maximum absolute atomic E-state index is 10.6. The van der Waals surface area contributed by atoms with Crippen molar-refractivity contribution in [2.45, 2.75) is 0 Å². The standard InChI is InChI=1S/C7H6ClN3O/c8-6(12)5(9)4-2-1-3-11-7(4)10/h1-3,9H,(H2,10,11). The second-order valence-electron chi connectivity index (χ2n) is 2.08. The molecule has 0 bridgehead atoms. The molecule has 4 nitrogen and oxygen atoms in total. The maximum atomic E-state index is 10.6. The average Bonchev–Trinajstić information content (AvgIpc) is 2.04. The van der Waals surface area contributed by atoms with Crippen LogP contribution in [0, 0.1) is 5.41 Å². The van der Waals surface area contributed by atoms with E-state index < -0.39 is 5.24 Å². The van der Waals surface area contributed by atoms with Crippen molar-refractivity contribution in [3.05, 3.63) is 23.9 Å². The molecule has 0 aliphatic carbocycles. The number of nitrogen functional groups attached to an aromatic ring is 1. The molecule has 1 heterocycles. The highest BCUT2D eigenvalue weighted by Crippen LogP contribution is 2.08. The quantitative estimate of drug-likeness (QED) is 0.526. The number of halogens is 1. The third-order valence-electron chi connectivity index (χ3n) is 1.30. The SMILES string of the molecule is N=C(C(=O)Cl)c1cccnc1N. The molecule has 0 unspecified atom stereocenters. The molecule has 0 aromatic carbocycles. The summed E-state index contributed by atoms with van der Waals surface area (Å²) in [5.41, 5.74) is 5.33. The molecule has 62 valence electrons. The van der Waals surface area contributed by atoms with Crippen LogP contribution in [0.4, 0.5) is 5.82 Å². The minimum atomic E-state index is -0.838. The molecule has 0 atom stereocenters. The van der Waals surface area contributed by atoms with Gasteiger partial charge in [-0.1, -0.05) is 0 Å². The summed E-state index contributed by atoms with van der Waals surface area (Å²) in [5.74, 6) is 0.136. The van der Waals surface area contributed by atoms with E-state index in [1.807, 2.05) is 0 Å². The molecule has 0 aliphatic heterocycles. The van der Waals surface area contributed by atoms with E-state index >= 15 is 0 Å². The number of hydrogen-bond acceptors (Lipinski definition) is 4. The van der Waals surface area contributed by atoms with Crippen LogP contribution in [0.1, 0.15) is 5.56 Å². The molecule has 0 radical (unpaired) electrons. The predicted octanol–water partition coefficient (Wildman–Crippen LogP) is 0.797. The number of anilines is 1. The summed E-state index contributed by atoms with van der Waals surface area (Å²) in [6.07, 6.45) is 1.48. The lowest BCUT2D eigenvalue weighted by molar-refractivity contribution is -0.106. The molecule has 0 aliphatic rings. The molecule has 12 heavy (non-hydrogen) atoms. The second kappa shape index (κ2) is 3.32. The van der Waals surface area contributed by atoms with Crippen LogP contribution >= 0.6 is 11.6 Å². The highest BCUT2D eigenvalue weighted by atomic mass is 35.5. The molecule has 1 aromatic heterocycles. The highest BCUT2D eigenvalue weighted by molar-refractivity contribution is 6.83. The Bertz CT molecular complexity index is 337. The van der Waals surface area contributed by atoms with Gasteiger partial charge in [-0.25, -0.2) is 4.98 Å². The molecule has 3 N–H and O–H groups in total. The first-order chi connectivity index (χ1) is 5.63. The van der Waals surface area contributed by atoms with E-state index in [4.69, 9.17) is 22.7 Å². The molecule has 5 heteroatoms. The number of rotatable bonds is 2. The first-order valence-electron chi connectivity index (χ1n) is 3.12. The van der Waals surface area contributed by atoms with Gasteiger partial charge in [0.1, 0.15) is 11.5 Å². The van der Waals surface area contributed by atoms with Crippen molar-refractivity contribution in [1.82, 2.24) is 4.98 Å². The normalized spacial score (nSPS) is 9.42. The largest absolute Gasteiger partial charge is 0.383 e. The summed E-state index contributed by atoms with van der Waals surface area (Å²) >= 11 is 5.09. The van der Waals surface area contributed by atoms with Crippen molar-refractivity contribution >= 4 is 28.4 Å². The van der Waals surface area contributed by atoms with Crippen LogP contribution in [0.25, 0.3) is 0 Å². The summed E-state index contributed by atoms with van der Waals surface area (Å²) in [5, 5.41) is 6.39. The zero-order chi connectivity index (χ0) is 9.14. The molecule has 0 saturated heterocycles. The Morgan fingerprint density at radius 1 is 1.67 bits per heavy atom. The Kier molecular flexibility index (Phi) is 2.40. The van der Waals surface area contributed by atoms with Crippen molar-refractivity contribution in [3.63, 3.8) is 0 Å². The zero-order valence-corrected chi connectivity index (χ0v) is 6.80. The lowest BCUT2D eigenvalue weighted by Gasteiger charge is -2.00. The molecular weight excluding hydrogens is 178 g/mol. The maximum Gasteiger partial charge on any atom is 0.270 e. The smallest absolute Gasteiger partial charge is 0.270 e. The summed E-state index contributed by atoms with van der Waals surface area (Å²) in [4.78, 5) is 14.3. The van der Waals surface area contributed by atoms with Gasteiger partial charge in [0.2, 0.25) is 0 Å². The molecule has 1 rings (SSSR count). The van der Waals surface area contributed by atoms with E-state index in [1.54, 1.807) is 6.07 Å². The minimum Gasteiger partial charge on any atom is -0.383 e. The molecular formula is C7H6ClN3O. The fourth-order valence-corrected chi connectivity index (χ4v) is 0.837. The van der Waals surface area contributed by atoms with E-state index in [2.05, 4.69) is 4.98 Å². The van der Waals surface area contributed by atoms with Gasteiger partial charge in [-0.3, -0.25) is 10.2 Å². The molecule has 0 saturated carbocycles. The number of nitrogens with one attached hydrogen (secondary N) is 1. The fraction of sp³-hybridized carbons (Fsp3) is 0. The predicted molar refractivity (Wildman–Crippen MR) is 46.3 cm³/mol. The van der Waals surface area contributed by atoms with Gasteiger partial charge in [0.05, 0.1) is 0 Å². The van der Waals surface area contributed by atoms with Gasteiger partial charge in [-0.05, 0) is 23.7 Å². The van der Waals surface area contributed by atoms with Crippen LogP contribution in [0.15, 0.2) is 18.3 Å². The number of carbonyl (C=O) groups is 1. The van der Waals surface area contributed by atoms with Crippen LogP contribution < -0.4 is 5.73 Å². The number of pyridine rings is 1. The Morgan fingerprint density at radius 2 is 2.33 bits per heavy atom. The average molecular weight is 184 g/mol. The van der Waals surface area contributed by atoms with Crippen LogP contribution in [-0.4, -0.2) is 15.9 Å². The Balaban J connectivity index is 3.11. The van der Waals surface area contributed by atoms with Gasteiger partial charge < -0.3 is 5.73 Å². The second-order valence-corrected chi connectivity index (χ2v) is 2.43. The van der Waals surface area contributed by atoms with Crippen molar-refractivity contribution in [1.29, 1.82) is 5.41 Å². The third kappa shape index (κ3) is 1.60. The van der Waals surface area contributed by atoms with E-state index in [0.29, 0.717) is 0 Å². The van der Waals surface area contributed by atoms with E-state index in [1.165, 1.54) is 12.3 Å². The number of hydrogen-bond donors (Lipinski definition) is 2. The topological polar surface area (TPSA) is 79.8 Å². The molecule has 0 fully saturated rings. The van der Waals surface area contributed by atoms with Gasteiger partial charge in [-0.15, -0.1) is 0 Å². The highest BCUT2D eigenvalue weighted by Gasteiger charge is 2.11. The van der Waals surface area contributed by atoms with Crippen molar-refractivity contribution in [2.75, 3.05) is 5.73 Å². The van der Waals surface area contributed by atoms with Crippen molar-refractivity contribution in [3.8, 4) is 0 Å². The number of nitrogens with zero attached hydrogens (tertiary/aromatic N) is 1. The number of carbonyl (C=O) groups excluding carboxylic acids is 1. The fourth-order valence-electron chi connectivity index (χ4n) is 0.735. The molecule has 0 spiro atoms. The van der Waals surface area contributed by atoms with E-state index in [0.717, 1.165) is 0 Å².